The molecular formula is C16H21ClN2O2S. The number of carbonyl (C=O) groups is 1. The van der Waals surface area contributed by atoms with E-state index in [2.05, 4.69) is 10.6 Å². The normalized spacial score (nSPS) is 15.3. The molecule has 0 bridgehead atoms. The van der Waals surface area contributed by atoms with Gasteiger partial charge < -0.3 is 15.7 Å². The van der Waals surface area contributed by atoms with Gasteiger partial charge in [0.15, 0.2) is 0 Å². The zero-order chi connectivity index (χ0) is 14.7. The highest BCUT2D eigenvalue weighted by molar-refractivity contribution is 7.19. The van der Waals surface area contributed by atoms with Crippen LogP contribution >= 0.6 is 23.7 Å². The molecule has 3 rings (SSSR count). The van der Waals surface area contributed by atoms with Crippen molar-refractivity contribution in [3.05, 3.63) is 35.2 Å². The Labute approximate surface area is 140 Å². The van der Waals surface area contributed by atoms with Gasteiger partial charge in [-0.05, 0) is 42.8 Å². The van der Waals surface area contributed by atoms with Crippen molar-refractivity contribution in [2.75, 3.05) is 19.6 Å². The minimum absolute atomic E-state index is 0. The molecule has 120 valence electrons. The molecule has 1 aromatic heterocycles. The predicted molar refractivity (Wildman–Crippen MR) is 92.6 cm³/mol. The summed E-state index contributed by atoms with van der Waals surface area (Å²) in [4.78, 5) is 12.6. The Kier molecular flexibility index (Phi) is 6.20. The van der Waals surface area contributed by atoms with Gasteiger partial charge in [-0.15, -0.1) is 23.7 Å². The Hall–Kier alpha value is -1.14. The Morgan fingerprint density at radius 3 is 2.86 bits per heavy atom. The van der Waals surface area contributed by atoms with Crippen LogP contribution in [0.25, 0.3) is 10.1 Å². The summed E-state index contributed by atoms with van der Waals surface area (Å²) >= 11 is 1.57. The molecule has 0 radical (unpaired) electrons. The van der Waals surface area contributed by atoms with Crippen LogP contribution in [0.1, 0.15) is 23.8 Å². The summed E-state index contributed by atoms with van der Waals surface area (Å²) in [6, 6.07) is 10.0. The summed E-state index contributed by atoms with van der Waals surface area (Å²) in [6.07, 6.45) is 1.91. The van der Waals surface area contributed by atoms with Gasteiger partial charge in [0.05, 0.1) is 6.54 Å². The molecule has 1 aliphatic rings. The van der Waals surface area contributed by atoms with Gasteiger partial charge in [0.1, 0.15) is 6.10 Å². The molecule has 3 N–H and O–H groups in total. The summed E-state index contributed by atoms with van der Waals surface area (Å²) < 4.78 is 1.16. The van der Waals surface area contributed by atoms with Crippen LogP contribution in [0.3, 0.4) is 0 Å². The van der Waals surface area contributed by atoms with E-state index in [0.717, 1.165) is 27.4 Å². The smallest absolute Gasteiger partial charge is 0.234 e. The first-order valence-corrected chi connectivity index (χ1v) is 8.18. The van der Waals surface area contributed by atoms with E-state index in [1.807, 2.05) is 30.3 Å². The van der Waals surface area contributed by atoms with E-state index >= 15 is 0 Å². The number of halogens is 1. The van der Waals surface area contributed by atoms with E-state index in [0.29, 0.717) is 6.54 Å². The third-order valence-corrected chi connectivity index (χ3v) is 4.90. The minimum atomic E-state index is -0.644. The fourth-order valence-electron chi connectivity index (χ4n) is 2.25. The van der Waals surface area contributed by atoms with E-state index in [4.69, 9.17) is 0 Å². The van der Waals surface area contributed by atoms with Gasteiger partial charge in [0, 0.05) is 16.1 Å². The molecule has 4 nitrogen and oxygen atoms in total. The topological polar surface area (TPSA) is 61.4 Å². The van der Waals surface area contributed by atoms with Crippen molar-refractivity contribution in [1.82, 2.24) is 10.6 Å². The van der Waals surface area contributed by atoms with Crippen molar-refractivity contribution in [3.63, 3.8) is 0 Å². The average Bonchev–Trinajstić information content (AvgIpc) is 3.20. The Bertz CT molecular complexity index is 594. The number of amides is 1. The summed E-state index contributed by atoms with van der Waals surface area (Å²) in [6.45, 7) is 1.51. The molecule has 1 aromatic carbocycles. The molecule has 1 fully saturated rings. The Morgan fingerprint density at radius 1 is 1.36 bits per heavy atom. The number of hydrogen-bond donors (Lipinski definition) is 3. The second kappa shape index (κ2) is 7.92. The highest BCUT2D eigenvalue weighted by atomic mass is 35.5. The maximum absolute atomic E-state index is 11.7. The fraction of sp³-hybridized carbons (Fsp3) is 0.438. The molecule has 1 unspecified atom stereocenters. The van der Waals surface area contributed by atoms with Crippen molar-refractivity contribution in [3.8, 4) is 0 Å². The van der Waals surface area contributed by atoms with Crippen LogP contribution in [0.2, 0.25) is 0 Å². The number of benzene rings is 1. The lowest BCUT2D eigenvalue weighted by Crippen LogP contribution is -2.36. The van der Waals surface area contributed by atoms with Gasteiger partial charge in [0.25, 0.3) is 0 Å². The highest BCUT2D eigenvalue weighted by Gasteiger charge is 2.20. The predicted octanol–water partition coefficient (Wildman–Crippen LogP) is 2.47. The van der Waals surface area contributed by atoms with E-state index in [-0.39, 0.29) is 24.9 Å². The van der Waals surface area contributed by atoms with Gasteiger partial charge >= 0.3 is 0 Å². The molecule has 1 heterocycles. The quantitative estimate of drug-likeness (QED) is 0.725. The lowest BCUT2D eigenvalue weighted by molar-refractivity contribution is -0.120. The SMILES string of the molecule is Cl.O=C(CNCC1CC1)NCC(O)c1cc2ccccc2s1. The first-order valence-electron chi connectivity index (χ1n) is 7.36. The van der Waals surface area contributed by atoms with Gasteiger partial charge in [0.2, 0.25) is 5.91 Å². The van der Waals surface area contributed by atoms with Crippen molar-refractivity contribution in [2.24, 2.45) is 5.92 Å². The second-order valence-corrected chi connectivity index (χ2v) is 6.70. The van der Waals surface area contributed by atoms with Gasteiger partial charge in [-0.2, -0.15) is 0 Å². The number of thiophene rings is 1. The number of aliphatic hydroxyl groups is 1. The summed E-state index contributed by atoms with van der Waals surface area (Å²) in [7, 11) is 0. The maximum Gasteiger partial charge on any atom is 0.234 e. The Balaban J connectivity index is 0.00000176. The van der Waals surface area contributed by atoms with E-state index in [9.17, 15) is 9.90 Å². The van der Waals surface area contributed by atoms with E-state index in [1.54, 1.807) is 11.3 Å². The van der Waals surface area contributed by atoms with Crippen molar-refractivity contribution in [1.29, 1.82) is 0 Å². The first-order chi connectivity index (χ1) is 10.2. The molecule has 6 heteroatoms. The maximum atomic E-state index is 11.7. The van der Waals surface area contributed by atoms with Crippen LogP contribution in [0.4, 0.5) is 0 Å². The fourth-order valence-corrected chi connectivity index (χ4v) is 3.30. The molecule has 0 saturated heterocycles. The minimum Gasteiger partial charge on any atom is -0.386 e. The molecule has 1 aliphatic carbocycles. The molecule has 1 amide bonds. The summed E-state index contributed by atoms with van der Waals surface area (Å²) in [5.74, 6) is 0.706. The third-order valence-electron chi connectivity index (χ3n) is 3.68. The summed E-state index contributed by atoms with van der Waals surface area (Å²) in [5.41, 5.74) is 0. The van der Waals surface area contributed by atoms with E-state index < -0.39 is 6.10 Å². The third kappa shape index (κ3) is 4.68. The zero-order valence-corrected chi connectivity index (χ0v) is 13.9. The van der Waals surface area contributed by atoms with E-state index in [1.165, 1.54) is 12.8 Å². The number of carbonyl (C=O) groups excluding carboxylic acids is 1. The van der Waals surface area contributed by atoms with Crippen LogP contribution < -0.4 is 10.6 Å². The average molecular weight is 341 g/mol. The number of rotatable bonds is 7. The van der Waals surface area contributed by atoms with Crippen LogP contribution in [0.15, 0.2) is 30.3 Å². The molecule has 0 aliphatic heterocycles. The largest absolute Gasteiger partial charge is 0.386 e. The summed E-state index contributed by atoms with van der Waals surface area (Å²) in [5, 5.41) is 17.2. The molecule has 0 spiro atoms. The second-order valence-electron chi connectivity index (χ2n) is 5.58. The molecule has 1 saturated carbocycles. The lowest BCUT2D eigenvalue weighted by Gasteiger charge is -2.10. The van der Waals surface area contributed by atoms with Crippen molar-refractivity contribution in [2.45, 2.75) is 18.9 Å². The van der Waals surface area contributed by atoms with Crippen LogP contribution in [0, 0.1) is 5.92 Å². The highest BCUT2D eigenvalue weighted by Crippen LogP contribution is 2.29. The number of hydrogen-bond acceptors (Lipinski definition) is 4. The lowest BCUT2D eigenvalue weighted by atomic mass is 10.2. The number of aliphatic hydroxyl groups excluding tert-OH is 1. The first kappa shape index (κ1) is 17.2. The molecule has 22 heavy (non-hydrogen) atoms. The zero-order valence-electron chi connectivity index (χ0n) is 12.2. The standard InChI is InChI=1S/C16H20N2O2S.ClH/c19-13(9-18-16(20)10-17-8-11-5-6-11)15-7-12-3-1-2-4-14(12)21-15;/h1-4,7,11,13,17,19H,5-6,8-10H2,(H,18,20);1H. The van der Waals surface area contributed by atoms with Crippen LogP contribution in [0.5, 0.6) is 0 Å². The monoisotopic (exact) mass is 340 g/mol. The Morgan fingerprint density at radius 2 is 2.14 bits per heavy atom. The van der Waals surface area contributed by atoms with Crippen LogP contribution in [-0.4, -0.2) is 30.6 Å². The number of fused-ring (bicyclic) bond motifs is 1. The van der Waals surface area contributed by atoms with Gasteiger partial charge in [-0.1, -0.05) is 18.2 Å². The molecular weight excluding hydrogens is 320 g/mol. The molecule has 1 atom stereocenters. The number of nitrogens with one attached hydrogen (secondary N) is 2. The van der Waals surface area contributed by atoms with Crippen molar-refractivity contribution < 1.29 is 9.90 Å². The van der Waals surface area contributed by atoms with Gasteiger partial charge in [-0.25, -0.2) is 0 Å². The van der Waals surface area contributed by atoms with Crippen molar-refractivity contribution >= 4 is 39.7 Å². The molecule has 2 aromatic rings. The van der Waals surface area contributed by atoms with Crippen LogP contribution in [-0.2, 0) is 4.79 Å². The van der Waals surface area contributed by atoms with Gasteiger partial charge in [-0.3, -0.25) is 4.79 Å².